The largest absolute Gasteiger partial charge is 0.295 e. The molecule has 0 rings (SSSR count). The third-order valence-electron chi connectivity index (χ3n) is 1.18. The zero-order valence-corrected chi connectivity index (χ0v) is 7.69. The van der Waals surface area contributed by atoms with Crippen LogP contribution in [0.25, 0.3) is 0 Å². The Morgan fingerprint density at radius 1 is 1.40 bits per heavy atom. The molecular formula is C9H18O. The van der Waals surface area contributed by atoms with Gasteiger partial charge < -0.3 is 0 Å². The molecule has 0 radical (unpaired) electrons. The maximum absolute atomic E-state index is 10.5. The van der Waals surface area contributed by atoms with Gasteiger partial charge in [-0.25, -0.2) is 0 Å². The number of hydrogen-bond donors (Lipinski definition) is 0. The van der Waals surface area contributed by atoms with Crippen molar-refractivity contribution in [3.05, 3.63) is 11.6 Å². The van der Waals surface area contributed by atoms with Crippen LogP contribution in [0.4, 0.5) is 0 Å². The van der Waals surface area contributed by atoms with Crippen LogP contribution in [0.5, 0.6) is 0 Å². The molecule has 0 N–H and O–H groups in total. The van der Waals surface area contributed by atoms with Crippen LogP contribution in [-0.2, 0) is 4.79 Å². The van der Waals surface area contributed by atoms with E-state index in [1.165, 1.54) is 0 Å². The highest BCUT2D eigenvalue weighted by Crippen LogP contribution is 1.99. The van der Waals surface area contributed by atoms with E-state index in [1.54, 1.807) is 6.92 Å². The van der Waals surface area contributed by atoms with E-state index >= 15 is 0 Å². The summed E-state index contributed by atoms with van der Waals surface area (Å²) in [6, 6.07) is 0. The Kier molecular flexibility index (Phi) is 10.2. The summed E-state index contributed by atoms with van der Waals surface area (Å²) in [5.41, 5.74) is 0.921. The summed E-state index contributed by atoms with van der Waals surface area (Å²) >= 11 is 0. The van der Waals surface area contributed by atoms with E-state index in [4.69, 9.17) is 0 Å². The lowest BCUT2D eigenvalue weighted by Crippen LogP contribution is -1.92. The first-order valence-electron chi connectivity index (χ1n) is 3.88. The van der Waals surface area contributed by atoms with Gasteiger partial charge in [-0.2, -0.15) is 0 Å². The van der Waals surface area contributed by atoms with Gasteiger partial charge in [0, 0.05) is 0 Å². The van der Waals surface area contributed by atoms with Gasteiger partial charge in [-0.15, -0.1) is 0 Å². The maximum Gasteiger partial charge on any atom is 0.155 e. The second-order valence-electron chi connectivity index (χ2n) is 1.72. The topological polar surface area (TPSA) is 17.1 Å². The first-order chi connectivity index (χ1) is 4.72. The summed E-state index contributed by atoms with van der Waals surface area (Å²) in [5.74, 6) is 0.190. The van der Waals surface area contributed by atoms with E-state index in [9.17, 15) is 4.79 Å². The Hall–Kier alpha value is -0.590. The molecule has 0 aliphatic heterocycles. The molecule has 0 amide bonds. The SMILES string of the molecule is C/C=C(\CC)C(C)=O.CC. The number of carbonyl (C=O) groups is 1. The van der Waals surface area contributed by atoms with Gasteiger partial charge in [0.05, 0.1) is 0 Å². The molecule has 0 bridgehead atoms. The first kappa shape index (κ1) is 12.1. The molecule has 1 nitrogen and oxygen atoms in total. The summed E-state index contributed by atoms with van der Waals surface area (Å²) in [5, 5.41) is 0. The van der Waals surface area contributed by atoms with Crippen molar-refractivity contribution in [3.8, 4) is 0 Å². The predicted octanol–water partition coefficient (Wildman–Crippen LogP) is 2.96. The fourth-order valence-electron chi connectivity index (χ4n) is 0.656. The van der Waals surface area contributed by atoms with Crippen molar-refractivity contribution < 1.29 is 4.79 Å². The highest BCUT2D eigenvalue weighted by Gasteiger charge is 1.95. The number of rotatable bonds is 2. The molecular weight excluding hydrogens is 124 g/mol. The molecule has 0 aliphatic carbocycles. The number of Topliss-reactive ketones (excluding diaryl/α,β-unsaturated/α-hetero) is 1. The Labute approximate surface area is 64.1 Å². The molecule has 0 aromatic rings. The highest BCUT2D eigenvalue weighted by molar-refractivity contribution is 5.92. The summed E-state index contributed by atoms with van der Waals surface area (Å²) in [6.45, 7) is 9.47. The fraction of sp³-hybridized carbons (Fsp3) is 0.667. The van der Waals surface area contributed by atoms with Gasteiger partial charge in [-0.3, -0.25) is 4.79 Å². The van der Waals surface area contributed by atoms with Crippen LogP contribution in [0.1, 0.15) is 41.0 Å². The van der Waals surface area contributed by atoms with Crippen LogP contribution in [-0.4, -0.2) is 5.78 Å². The van der Waals surface area contributed by atoms with Crippen molar-refractivity contribution >= 4 is 5.78 Å². The van der Waals surface area contributed by atoms with Crippen molar-refractivity contribution in [2.24, 2.45) is 0 Å². The molecule has 60 valence electrons. The molecule has 1 heteroatoms. The average Bonchev–Trinajstić information content (AvgIpc) is 1.94. The minimum atomic E-state index is 0.190. The van der Waals surface area contributed by atoms with Crippen molar-refractivity contribution in [2.45, 2.75) is 41.0 Å². The van der Waals surface area contributed by atoms with Gasteiger partial charge in [0.2, 0.25) is 0 Å². The molecule has 0 heterocycles. The second-order valence-corrected chi connectivity index (χ2v) is 1.72. The van der Waals surface area contributed by atoms with E-state index in [-0.39, 0.29) is 5.78 Å². The first-order valence-corrected chi connectivity index (χ1v) is 3.88. The van der Waals surface area contributed by atoms with E-state index in [1.807, 2.05) is 33.8 Å². The summed E-state index contributed by atoms with van der Waals surface area (Å²) in [7, 11) is 0. The summed E-state index contributed by atoms with van der Waals surface area (Å²) in [6.07, 6.45) is 2.72. The predicted molar refractivity (Wildman–Crippen MR) is 46.1 cm³/mol. The smallest absolute Gasteiger partial charge is 0.155 e. The van der Waals surface area contributed by atoms with E-state index in [2.05, 4.69) is 0 Å². The van der Waals surface area contributed by atoms with Crippen LogP contribution in [0.3, 0.4) is 0 Å². The number of carbonyl (C=O) groups excluding carboxylic acids is 1. The van der Waals surface area contributed by atoms with E-state index < -0.39 is 0 Å². The lowest BCUT2D eigenvalue weighted by Gasteiger charge is -1.92. The molecule has 0 aliphatic rings. The number of ketones is 1. The van der Waals surface area contributed by atoms with Gasteiger partial charge in [-0.1, -0.05) is 26.8 Å². The maximum atomic E-state index is 10.5. The monoisotopic (exact) mass is 142 g/mol. The average molecular weight is 142 g/mol. The normalized spacial score (nSPS) is 9.90. The lowest BCUT2D eigenvalue weighted by atomic mass is 10.1. The molecule has 0 spiro atoms. The standard InChI is InChI=1S/C7H12O.C2H6/c1-4-7(5-2)6(3)8;1-2/h4H,5H2,1-3H3;1-2H3/b7-4+;. The van der Waals surface area contributed by atoms with E-state index in [0.29, 0.717) is 0 Å². The van der Waals surface area contributed by atoms with Crippen molar-refractivity contribution in [1.82, 2.24) is 0 Å². The Morgan fingerprint density at radius 3 is 1.80 bits per heavy atom. The molecule has 0 aromatic heterocycles. The molecule has 10 heavy (non-hydrogen) atoms. The molecule has 0 saturated carbocycles. The zero-order valence-electron chi connectivity index (χ0n) is 7.69. The second kappa shape index (κ2) is 8.41. The Balaban J connectivity index is 0. The van der Waals surface area contributed by atoms with Gasteiger partial charge in [0.25, 0.3) is 0 Å². The summed E-state index contributed by atoms with van der Waals surface area (Å²) < 4.78 is 0. The number of hydrogen-bond acceptors (Lipinski definition) is 1. The third kappa shape index (κ3) is 5.54. The van der Waals surface area contributed by atoms with Crippen LogP contribution in [0, 0.1) is 0 Å². The minimum absolute atomic E-state index is 0.190. The van der Waals surface area contributed by atoms with Crippen LogP contribution < -0.4 is 0 Å². The Bertz CT molecular complexity index is 112. The van der Waals surface area contributed by atoms with Crippen molar-refractivity contribution in [3.63, 3.8) is 0 Å². The van der Waals surface area contributed by atoms with Crippen LogP contribution >= 0.6 is 0 Å². The van der Waals surface area contributed by atoms with Crippen LogP contribution in [0.2, 0.25) is 0 Å². The third-order valence-corrected chi connectivity index (χ3v) is 1.18. The fourth-order valence-corrected chi connectivity index (χ4v) is 0.656. The highest BCUT2D eigenvalue weighted by atomic mass is 16.1. The molecule has 0 aromatic carbocycles. The minimum Gasteiger partial charge on any atom is -0.295 e. The lowest BCUT2D eigenvalue weighted by molar-refractivity contribution is -0.113. The van der Waals surface area contributed by atoms with Gasteiger partial charge in [-0.05, 0) is 25.8 Å². The van der Waals surface area contributed by atoms with Crippen LogP contribution in [0.15, 0.2) is 11.6 Å². The van der Waals surface area contributed by atoms with Gasteiger partial charge >= 0.3 is 0 Å². The quantitative estimate of drug-likeness (QED) is 0.542. The summed E-state index contributed by atoms with van der Waals surface area (Å²) in [4.78, 5) is 10.5. The molecule has 0 atom stereocenters. The number of allylic oxidation sites excluding steroid dienone is 2. The molecule has 0 unspecified atom stereocenters. The van der Waals surface area contributed by atoms with Crippen molar-refractivity contribution in [1.29, 1.82) is 0 Å². The molecule has 0 fully saturated rings. The van der Waals surface area contributed by atoms with Gasteiger partial charge in [0.15, 0.2) is 5.78 Å². The van der Waals surface area contributed by atoms with E-state index in [0.717, 1.165) is 12.0 Å². The van der Waals surface area contributed by atoms with Crippen molar-refractivity contribution in [2.75, 3.05) is 0 Å². The molecule has 0 saturated heterocycles. The van der Waals surface area contributed by atoms with Gasteiger partial charge in [0.1, 0.15) is 0 Å². The Morgan fingerprint density at radius 2 is 1.80 bits per heavy atom. The zero-order chi connectivity index (χ0) is 8.57.